The molecule has 0 heterocycles. The van der Waals surface area contributed by atoms with E-state index in [-0.39, 0.29) is 61.8 Å². The summed E-state index contributed by atoms with van der Waals surface area (Å²) in [5.41, 5.74) is 5.39. The molecule has 8 aromatic carbocycles. The van der Waals surface area contributed by atoms with Gasteiger partial charge in [-0.15, -0.1) is 162 Å². The van der Waals surface area contributed by atoms with Crippen molar-refractivity contribution in [3.63, 3.8) is 0 Å². The molecule has 8 rings (SSSR count). The quantitative estimate of drug-likeness (QED) is 0.181. The van der Waals surface area contributed by atoms with Crippen molar-refractivity contribution in [2.45, 2.75) is 27.7 Å². The molecule has 0 fully saturated rings. The predicted molar refractivity (Wildman–Crippen MR) is 177 cm³/mol. The fourth-order valence-corrected chi connectivity index (χ4v) is 5.22. The number of halogens is 2. The third-order valence-corrected chi connectivity index (χ3v) is 7.05. The summed E-state index contributed by atoms with van der Waals surface area (Å²) < 4.78 is 0. The van der Waals surface area contributed by atoms with Gasteiger partial charge in [0.2, 0.25) is 0 Å². The van der Waals surface area contributed by atoms with Crippen molar-refractivity contribution in [1.29, 1.82) is 0 Å². The predicted octanol–water partition coefficient (Wildman–Crippen LogP) is 5.47. The summed E-state index contributed by atoms with van der Waals surface area (Å²) >= 11 is 0. The van der Waals surface area contributed by atoms with Crippen LogP contribution in [0.4, 0.5) is 0 Å². The first-order chi connectivity index (χ1) is 19.4. The van der Waals surface area contributed by atoms with Gasteiger partial charge in [-0.25, -0.2) is 0 Å². The van der Waals surface area contributed by atoms with E-state index in [0.29, 0.717) is 0 Å². The number of hydrogen-bond donors (Lipinski definition) is 0. The Hall–Kier alpha value is -3.05. The van der Waals surface area contributed by atoms with Crippen LogP contribution < -0.4 is 9.41 Å². The average molecular weight is 737 g/mol. The number of benzene rings is 4. The number of rotatable bonds is 0. The molecule has 0 aliphatic heterocycles. The second-order valence-corrected chi connectivity index (χ2v) is 10.6. The molecule has 0 nitrogen and oxygen atoms in total. The Morgan fingerprint density at radius 1 is 0.318 bits per heavy atom. The zero-order chi connectivity index (χ0) is 27.9. The Kier molecular flexibility index (Phi) is 16.5. The zero-order valence-corrected chi connectivity index (χ0v) is 30.5. The first-order valence-electron chi connectivity index (χ1n) is 13.9. The molecule has 0 aliphatic rings. The SMILES string of the molecule is Cc1cc2ccccc2[cH-]1.Cc1cc2ccccc2[cH-]1.Cc1cc2ccccc2[cH-]1.Cc1cc2ccccc2[cH-]1.[F-].[F-].[Zr+2].[Zr+2]. The maximum Gasteiger partial charge on any atom is 2.00 e. The summed E-state index contributed by atoms with van der Waals surface area (Å²) in [6.07, 6.45) is 0. The van der Waals surface area contributed by atoms with Crippen LogP contribution in [0.5, 0.6) is 0 Å². The van der Waals surface area contributed by atoms with Gasteiger partial charge in [-0.2, -0.15) is 24.3 Å². The zero-order valence-electron chi connectivity index (χ0n) is 25.6. The molecule has 4 heteroatoms. The first-order valence-corrected chi connectivity index (χ1v) is 13.9. The first kappa shape index (κ1) is 39.0. The summed E-state index contributed by atoms with van der Waals surface area (Å²) in [6.45, 7) is 8.50. The average Bonchev–Trinajstić information content (AvgIpc) is 3.71. The smallest absolute Gasteiger partial charge is 1.00 e. The van der Waals surface area contributed by atoms with Crippen LogP contribution in [0.25, 0.3) is 43.1 Å². The van der Waals surface area contributed by atoms with E-state index < -0.39 is 0 Å². The van der Waals surface area contributed by atoms with Gasteiger partial charge in [-0.3, -0.25) is 0 Å². The van der Waals surface area contributed by atoms with Gasteiger partial charge in [0, 0.05) is 0 Å². The minimum Gasteiger partial charge on any atom is -1.00 e. The van der Waals surface area contributed by atoms with Gasteiger partial charge in [0.05, 0.1) is 0 Å². The molecule has 0 unspecified atom stereocenters. The van der Waals surface area contributed by atoms with Crippen molar-refractivity contribution >= 4 is 43.1 Å². The Balaban J connectivity index is 0.000000285. The molecular weight excluding hydrogens is 701 g/mol. The fraction of sp³-hybridized carbons (Fsp3) is 0.100. The van der Waals surface area contributed by atoms with E-state index in [4.69, 9.17) is 0 Å². The molecule has 44 heavy (non-hydrogen) atoms. The van der Waals surface area contributed by atoms with Crippen LogP contribution in [0.3, 0.4) is 0 Å². The van der Waals surface area contributed by atoms with Crippen LogP contribution in [-0.4, -0.2) is 0 Å². The van der Waals surface area contributed by atoms with E-state index in [9.17, 15) is 0 Å². The van der Waals surface area contributed by atoms with Crippen LogP contribution in [0.1, 0.15) is 22.3 Å². The molecule has 220 valence electrons. The second-order valence-electron chi connectivity index (χ2n) is 10.6. The molecule has 0 amide bonds. The van der Waals surface area contributed by atoms with E-state index in [1.165, 1.54) is 65.3 Å². The van der Waals surface area contributed by atoms with Gasteiger partial charge >= 0.3 is 52.4 Å². The largest absolute Gasteiger partial charge is 2.00 e. The van der Waals surface area contributed by atoms with Gasteiger partial charge in [0.15, 0.2) is 0 Å². The number of fused-ring (bicyclic) bond motifs is 4. The van der Waals surface area contributed by atoms with Crippen LogP contribution in [0, 0.1) is 27.7 Å². The minimum atomic E-state index is 0. The van der Waals surface area contributed by atoms with E-state index in [2.05, 4.69) is 173 Å². The monoisotopic (exact) mass is 734 g/mol. The van der Waals surface area contributed by atoms with Gasteiger partial charge < -0.3 is 9.41 Å². The Labute approximate surface area is 298 Å². The molecule has 0 spiro atoms. The Morgan fingerprint density at radius 2 is 0.500 bits per heavy atom. The second kappa shape index (κ2) is 18.7. The Morgan fingerprint density at radius 3 is 0.682 bits per heavy atom. The van der Waals surface area contributed by atoms with Crippen molar-refractivity contribution in [3.05, 3.63) is 168 Å². The van der Waals surface area contributed by atoms with Crippen molar-refractivity contribution < 1.29 is 61.8 Å². The molecule has 0 saturated heterocycles. The van der Waals surface area contributed by atoms with Crippen LogP contribution in [0.15, 0.2) is 146 Å². The molecular formula is C40H36F2Zr2-2. The molecule has 0 radical (unpaired) electrons. The maximum atomic E-state index is 2.20. The molecule has 0 N–H and O–H groups in total. The number of aryl methyl sites for hydroxylation is 4. The minimum absolute atomic E-state index is 0. The van der Waals surface area contributed by atoms with Crippen LogP contribution >= 0.6 is 0 Å². The van der Waals surface area contributed by atoms with Crippen molar-refractivity contribution in [3.8, 4) is 0 Å². The summed E-state index contributed by atoms with van der Waals surface area (Å²) in [4.78, 5) is 0. The van der Waals surface area contributed by atoms with E-state index in [0.717, 1.165) is 0 Å². The van der Waals surface area contributed by atoms with E-state index in [1.807, 2.05) is 0 Å². The van der Waals surface area contributed by atoms with Gasteiger partial charge in [-0.1, -0.05) is 52.0 Å². The summed E-state index contributed by atoms with van der Waals surface area (Å²) in [5.74, 6) is 0. The summed E-state index contributed by atoms with van der Waals surface area (Å²) in [6, 6.07) is 51.3. The van der Waals surface area contributed by atoms with Crippen molar-refractivity contribution in [2.24, 2.45) is 0 Å². The fourth-order valence-electron chi connectivity index (χ4n) is 5.22. The molecule has 0 bridgehead atoms. The van der Waals surface area contributed by atoms with Gasteiger partial charge in [-0.05, 0) is 0 Å². The molecule has 0 aromatic heterocycles. The summed E-state index contributed by atoms with van der Waals surface area (Å²) in [5, 5.41) is 10.8. The van der Waals surface area contributed by atoms with Crippen molar-refractivity contribution in [2.75, 3.05) is 0 Å². The molecule has 0 aliphatic carbocycles. The standard InChI is InChI=1S/4C10H9.2FH.2Zr/c4*1-8-6-9-4-2-3-5-10(9)7-8;;;;/h4*2-7H,1H3;2*1H;;/q4*-1;;;2*+2/p-2. The molecule has 0 saturated carbocycles. The topological polar surface area (TPSA) is 0 Å². The van der Waals surface area contributed by atoms with Gasteiger partial charge in [0.1, 0.15) is 0 Å². The van der Waals surface area contributed by atoms with Gasteiger partial charge in [0.25, 0.3) is 0 Å². The maximum absolute atomic E-state index is 2.20. The van der Waals surface area contributed by atoms with E-state index >= 15 is 0 Å². The number of hydrogen-bond acceptors (Lipinski definition) is 0. The third kappa shape index (κ3) is 10.5. The third-order valence-electron chi connectivity index (χ3n) is 7.05. The van der Waals surface area contributed by atoms with E-state index in [1.54, 1.807) is 0 Å². The van der Waals surface area contributed by atoms with Crippen LogP contribution in [-0.2, 0) is 52.4 Å². The van der Waals surface area contributed by atoms with Crippen LogP contribution in [0.2, 0.25) is 0 Å². The Bertz CT molecular complexity index is 1550. The normalized spacial score (nSPS) is 9.55. The summed E-state index contributed by atoms with van der Waals surface area (Å²) in [7, 11) is 0. The van der Waals surface area contributed by atoms with Crippen molar-refractivity contribution in [1.82, 2.24) is 0 Å². The molecule has 0 atom stereocenters. The molecule has 8 aromatic rings.